The topological polar surface area (TPSA) is 77.9 Å². The number of carboxylic acid groups (broad SMARTS) is 1. The van der Waals surface area contributed by atoms with Crippen molar-refractivity contribution in [1.82, 2.24) is 9.21 Å². The average Bonchev–Trinajstić information content (AvgIpc) is 2.81. The highest BCUT2D eigenvalue weighted by atomic mass is 32.2. The summed E-state index contributed by atoms with van der Waals surface area (Å²) in [6.45, 7) is 4.96. The lowest BCUT2D eigenvalue weighted by atomic mass is 10.0. The lowest BCUT2D eigenvalue weighted by Crippen LogP contribution is -2.37. The monoisotopic (exact) mass is 368 g/mol. The van der Waals surface area contributed by atoms with Gasteiger partial charge in [-0.25, -0.2) is 8.42 Å². The van der Waals surface area contributed by atoms with E-state index < -0.39 is 16.0 Å². The Kier molecular flexibility index (Phi) is 6.59. The second kappa shape index (κ2) is 8.29. The van der Waals surface area contributed by atoms with Gasteiger partial charge in [-0.15, -0.1) is 0 Å². The average molecular weight is 368 g/mol. The first-order valence-corrected chi connectivity index (χ1v) is 10.2. The summed E-state index contributed by atoms with van der Waals surface area (Å²) in [7, 11) is -1.73. The summed E-state index contributed by atoms with van der Waals surface area (Å²) in [5.41, 5.74) is 1.01. The van der Waals surface area contributed by atoms with Crippen LogP contribution in [0.5, 0.6) is 0 Å². The summed E-state index contributed by atoms with van der Waals surface area (Å²) in [6, 6.07) is 7.25. The first-order valence-electron chi connectivity index (χ1n) is 8.74. The molecule has 0 bridgehead atoms. The number of hydrogen-bond acceptors (Lipinski definition) is 4. The minimum atomic E-state index is -3.52. The van der Waals surface area contributed by atoms with E-state index in [-0.39, 0.29) is 18.5 Å². The van der Waals surface area contributed by atoms with E-state index in [2.05, 4.69) is 0 Å². The minimum Gasteiger partial charge on any atom is -0.480 e. The quantitative estimate of drug-likeness (QED) is 0.834. The zero-order valence-corrected chi connectivity index (χ0v) is 16.0. The first kappa shape index (κ1) is 19.9. The maximum Gasteiger partial charge on any atom is 0.317 e. The minimum absolute atomic E-state index is 0.0200. The van der Waals surface area contributed by atoms with Gasteiger partial charge >= 0.3 is 5.97 Å². The molecule has 1 unspecified atom stereocenters. The third-order valence-corrected chi connectivity index (χ3v) is 6.72. The third kappa shape index (κ3) is 5.03. The Hall–Kier alpha value is -1.44. The van der Waals surface area contributed by atoms with Crippen LogP contribution in [0.15, 0.2) is 29.2 Å². The van der Waals surface area contributed by atoms with E-state index in [4.69, 9.17) is 5.11 Å². The van der Waals surface area contributed by atoms with Gasteiger partial charge in [0.05, 0.1) is 11.4 Å². The molecular formula is C18H28N2O4S. The smallest absolute Gasteiger partial charge is 0.317 e. The molecule has 0 saturated carbocycles. The molecule has 1 fully saturated rings. The van der Waals surface area contributed by atoms with Crippen molar-refractivity contribution in [3.8, 4) is 0 Å². The highest BCUT2D eigenvalue weighted by Crippen LogP contribution is 2.24. The molecule has 0 aromatic heterocycles. The summed E-state index contributed by atoms with van der Waals surface area (Å²) in [5, 5.41) is 8.94. The number of benzene rings is 1. The lowest BCUT2D eigenvalue weighted by Gasteiger charge is -2.25. The largest absolute Gasteiger partial charge is 0.480 e. The molecule has 0 aliphatic carbocycles. The van der Waals surface area contributed by atoms with Crippen LogP contribution < -0.4 is 0 Å². The summed E-state index contributed by atoms with van der Waals surface area (Å²) >= 11 is 0. The van der Waals surface area contributed by atoms with Gasteiger partial charge in [-0.05, 0) is 49.9 Å². The van der Waals surface area contributed by atoms with Gasteiger partial charge in [0.15, 0.2) is 0 Å². The van der Waals surface area contributed by atoms with Crippen molar-refractivity contribution < 1.29 is 18.3 Å². The van der Waals surface area contributed by atoms with Gasteiger partial charge in [0.25, 0.3) is 0 Å². The molecule has 1 aromatic rings. The van der Waals surface area contributed by atoms with Gasteiger partial charge in [-0.1, -0.05) is 26.0 Å². The number of sulfonamides is 1. The SMILES string of the molecule is CC(C)c1cccc(S(=O)(=O)N2CCCC(N(C)CC(=O)O)CC2)c1. The van der Waals surface area contributed by atoms with Gasteiger partial charge in [-0.3, -0.25) is 9.69 Å². The molecule has 7 heteroatoms. The fourth-order valence-corrected chi connectivity index (χ4v) is 4.81. The number of carbonyl (C=O) groups is 1. The predicted molar refractivity (Wildman–Crippen MR) is 97.2 cm³/mol. The Bertz CT molecular complexity index is 703. The summed E-state index contributed by atoms with van der Waals surface area (Å²) < 4.78 is 27.5. The molecule has 2 rings (SSSR count). The molecule has 1 aromatic carbocycles. The maximum atomic E-state index is 13.0. The van der Waals surface area contributed by atoms with Crippen LogP contribution in [0.3, 0.4) is 0 Å². The van der Waals surface area contributed by atoms with Crippen molar-refractivity contribution >= 4 is 16.0 Å². The van der Waals surface area contributed by atoms with E-state index in [1.54, 1.807) is 34.5 Å². The molecule has 1 N–H and O–H groups in total. The molecule has 0 spiro atoms. The van der Waals surface area contributed by atoms with E-state index in [1.807, 2.05) is 19.9 Å². The molecule has 140 valence electrons. The first-order chi connectivity index (χ1) is 11.7. The normalized spacial score (nSPS) is 20.0. The molecule has 25 heavy (non-hydrogen) atoms. The van der Waals surface area contributed by atoms with Gasteiger partial charge in [0.2, 0.25) is 10.0 Å². The van der Waals surface area contributed by atoms with Crippen LogP contribution >= 0.6 is 0 Å². The number of nitrogens with zero attached hydrogens (tertiary/aromatic N) is 2. The number of rotatable bonds is 6. The standard InChI is InChI=1S/C18H28N2O4S/c1-14(2)15-6-4-8-17(12-15)25(23,24)20-10-5-7-16(9-11-20)19(3)13-18(21)22/h4,6,8,12,14,16H,5,7,9-11,13H2,1-3H3,(H,21,22). The van der Waals surface area contributed by atoms with E-state index in [9.17, 15) is 13.2 Å². The maximum absolute atomic E-state index is 13.0. The molecule has 1 atom stereocenters. The third-order valence-electron chi connectivity index (χ3n) is 4.83. The molecule has 1 heterocycles. The van der Waals surface area contributed by atoms with Crippen LogP contribution in [0.4, 0.5) is 0 Å². The fraction of sp³-hybridized carbons (Fsp3) is 0.611. The number of aliphatic carboxylic acids is 1. The van der Waals surface area contributed by atoms with Crippen LogP contribution in [0.2, 0.25) is 0 Å². The van der Waals surface area contributed by atoms with Crippen LogP contribution in [-0.2, 0) is 14.8 Å². The molecule has 0 radical (unpaired) electrons. The van der Waals surface area contributed by atoms with Gasteiger partial charge < -0.3 is 5.11 Å². The van der Waals surface area contributed by atoms with Crippen LogP contribution in [0.25, 0.3) is 0 Å². The van der Waals surface area contributed by atoms with Crippen molar-refractivity contribution in [2.24, 2.45) is 0 Å². The molecule has 1 aliphatic heterocycles. The Morgan fingerprint density at radius 1 is 1.32 bits per heavy atom. The van der Waals surface area contributed by atoms with E-state index in [1.165, 1.54) is 0 Å². The zero-order chi connectivity index (χ0) is 18.6. The van der Waals surface area contributed by atoms with E-state index >= 15 is 0 Å². The Morgan fingerprint density at radius 3 is 2.68 bits per heavy atom. The molecule has 6 nitrogen and oxygen atoms in total. The highest BCUT2D eigenvalue weighted by Gasteiger charge is 2.29. The van der Waals surface area contributed by atoms with Gasteiger partial charge in [0.1, 0.15) is 0 Å². The van der Waals surface area contributed by atoms with Gasteiger partial charge in [0, 0.05) is 19.1 Å². The van der Waals surface area contributed by atoms with Crippen molar-refractivity contribution in [3.05, 3.63) is 29.8 Å². The molecule has 1 saturated heterocycles. The van der Waals surface area contributed by atoms with Gasteiger partial charge in [-0.2, -0.15) is 4.31 Å². The van der Waals surface area contributed by atoms with Crippen molar-refractivity contribution in [1.29, 1.82) is 0 Å². The summed E-state index contributed by atoms with van der Waals surface area (Å²) in [4.78, 5) is 13.0. The second-order valence-corrected chi connectivity index (χ2v) is 8.96. The Labute approximate surface area is 150 Å². The van der Waals surface area contributed by atoms with Crippen molar-refractivity contribution in [2.45, 2.75) is 50.0 Å². The summed E-state index contributed by atoms with van der Waals surface area (Å²) in [5.74, 6) is -0.588. The predicted octanol–water partition coefficient (Wildman–Crippen LogP) is 2.37. The Balaban J connectivity index is 2.13. The lowest BCUT2D eigenvalue weighted by molar-refractivity contribution is -0.138. The van der Waals surface area contributed by atoms with E-state index in [0.717, 1.165) is 18.4 Å². The summed E-state index contributed by atoms with van der Waals surface area (Å²) in [6.07, 6.45) is 2.19. The van der Waals surface area contributed by atoms with Crippen molar-refractivity contribution in [2.75, 3.05) is 26.7 Å². The van der Waals surface area contributed by atoms with Crippen LogP contribution in [-0.4, -0.2) is 61.4 Å². The Morgan fingerprint density at radius 2 is 2.04 bits per heavy atom. The molecule has 1 aliphatic rings. The fourth-order valence-electron chi connectivity index (χ4n) is 3.26. The van der Waals surface area contributed by atoms with Crippen molar-refractivity contribution in [3.63, 3.8) is 0 Å². The number of likely N-dealkylation sites (N-methyl/N-ethyl adjacent to an activating group) is 1. The molecular weight excluding hydrogens is 340 g/mol. The van der Waals surface area contributed by atoms with Crippen LogP contribution in [0, 0.1) is 0 Å². The zero-order valence-electron chi connectivity index (χ0n) is 15.2. The number of carboxylic acids is 1. The molecule has 0 amide bonds. The van der Waals surface area contributed by atoms with E-state index in [0.29, 0.717) is 24.4 Å². The van der Waals surface area contributed by atoms with Crippen LogP contribution in [0.1, 0.15) is 44.6 Å². The number of hydrogen-bond donors (Lipinski definition) is 1. The second-order valence-electron chi connectivity index (χ2n) is 7.02. The highest BCUT2D eigenvalue weighted by molar-refractivity contribution is 7.89.